The maximum absolute atomic E-state index is 12.3. The minimum atomic E-state index is -4.36. The van der Waals surface area contributed by atoms with Crippen LogP contribution < -0.4 is 14.9 Å². The largest absolute Gasteiger partial charge is 0.481 e. The number of carboxylic acids is 1. The van der Waals surface area contributed by atoms with Crippen molar-refractivity contribution >= 4 is 39.9 Å². The molecule has 2 N–H and O–H groups in total. The molecule has 0 aromatic heterocycles. The van der Waals surface area contributed by atoms with Crippen LogP contribution in [-0.4, -0.2) is 93.1 Å². The van der Waals surface area contributed by atoms with Gasteiger partial charge in [0, 0.05) is 35.2 Å². The van der Waals surface area contributed by atoms with Crippen molar-refractivity contribution < 1.29 is 27.6 Å². The van der Waals surface area contributed by atoms with Crippen molar-refractivity contribution in [2.75, 3.05) is 58.9 Å². The Morgan fingerprint density at radius 1 is 0.867 bits per heavy atom. The van der Waals surface area contributed by atoms with Gasteiger partial charge in [-0.1, -0.05) is 89.9 Å². The number of rotatable bonds is 17. The van der Waals surface area contributed by atoms with E-state index in [0.717, 1.165) is 85.9 Å². The van der Waals surface area contributed by atoms with Crippen LogP contribution in [-0.2, 0) is 32.2 Å². The molecule has 9 nitrogen and oxygen atoms in total. The molecular weight excluding hydrogens is 790 g/mol. The first-order valence-corrected chi connectivity index (χ1v) is 24.4. The van der Waals surface area contributed by atoms with Crippen molar-refractivity contribution in [1.29, 1.82) is 0 Å². The van der Waals surface area contributed by atoms with Gasteiger partial charge in [-0.05, 0) is 161 Å². The van der Waals surface area contributed by atoms with Crippen LogP contribution in [0.5, 0.6) is 5.75 Å². The summed E-state index contributed by atoms with van der Waals surface area (Å²) in [6.07, 6.45) is 15.3. The molecule has 0 fully saturated rings. The lowest BCUT2D eigenvalue weighted by Gasteiger charge is -2.28. The number of anilines is 1. The smallest absolute Gasteiger partial charge is 0.303 e. The van der Waals surface area contributed by atoms with Crippen LogP contribution in [0, 0.1) is 0 Å². The molecule has 0 saturated carbocycles. The van der Waals surface area contributed by atoms with Gasteiger partial charge in [0.25, 0.3) is 10.1 Å². The van der Waals surface area contributed by atoms with E-state index in [1.165, 1.54) is 27.5 Å². The highest BCUT2D eigenvalue weighted by Gasteiger charge is 2.40. The monoisotopic (exact) mass is 853 g/mol. The minimum absolute atomic E-state index is 0.0671. The molecule has 11 heteroatoms. The Morgan fingerprint density at radius 2 is 1.57 bits per heavy atom. The quantitative estimate of drug-likeness (QED) is 0.102. The van der Waals surface area contributed by atoms with Gasteiger partial charge in [0.05, 0.1) is 4.90 Å². The van der Waals surface area contributed by atoms with Gasteiger partial charge in [-0.2, -0.15) is 8.42 Å². The van der Waals surface area contributed by atoms with E-state index >= 15 is 0 Å². The zero-order valence-electron chi connectivity index (χ0n) is 36.7. The van der Waals surface area contributed by atoms with E-state index < -0.39 is 29.0 Å². The minimum Gasteiger partial charge on any atom is -0.481 e. The highest BCUT2D eigenvalue weighted by atomic mass is 32.2. The van der Waals surface area contributed by atoms with E-state index in [9.17, 15) is 22.9 Å². The van der Waals surface area contributed by atoms with E-state index in [4.69, 9.17) is 4.74 Å². The second-order valence-corrected chi connectivity index (χ2v) is 21.9. The fourth-order valence-corrected chi connectivity index (χ4v) is 13.0. The molecule has 1 atom stereocenters. The summed E-state index contributed by atoms with van der Waals surface area (Å²) >= 11 is 0. The van der Waals surface area contributed by atoms with Gasteiger partial charge in [0.15, 0.2) is 0 Å². The maximum atomic E-state index is 12.3. The summed E-state index contributed by atoms with van der Waals surface area (Å²) in [6, 6.07) is 21.7. The van der Waals surface area contributed by atoms with E-state index in [-0.39, 0.29) is 16.7 Å². The average molecular weight is 854 g/mol. The average Bonchev–Trinajstić information content (AvgIpc) is 3.53. The van der Waals surface area contributed by atoms with Gasteiger partial charge in [-0.15, -0.1) is 0 Å². The summed E-state index contributed by atoms with van der Waals surface area (Å²) in [4.78, 5) is 18.1. The van der Waals surface area contributed by atoms with Crippen LogP contribution in [0.15, 0.2) is 119 Å². The molecule has 2 aliphatic heterocycles. The summed E-state index contributed by atoms with van der Waals surface area (Å²) in [5, 5.41) is 11.8. The van der Waals surface area contributed by atoms with Gasteiger partial charge in [0.2, 0.25) is 0 Å². The third-order valence-electron chi connectivity index (χ3n) is 12.2. The normalized spacial score (nSPS) is 19.9. The Labute approximate surface area is 359 Å². The lowest BCUT2D eigenvalue weighted by Crippen LogP contribution is -2.28. The first-order chi connectivity index (χ1) is 28.4. The van der Waals surface area contributed by atoms with Gasteiger partial charge in [0.1, 0.15) is 11.5 Å². The molecule has 1 unspecified atom stereocenters. The Bertz CT molecular complexity index is 2350. The number of allylic oxidation sites excluding steroid dienone is 7. The maximum Gasteiger partial charge on any atom is 0.303 e. The predicted molar refractivity (Wildman–Crippen MR) is 249 cm³/mol. The van der Waals surface area contributed by atoms with Crippen LogP contribution in [0.1, 0.15) is 82.9 Å². The SMILES string of the molecule is CN(C)CCCN1/C(=C/C=C2\CCCC(/C=C/C3=[PH](CCCN(C)C)c4ccc(S(=O)(=O)O)cc4C3(C)C)=C2Oc2ccc(CCC(=O)O)cc2)C(C)(C)c2ccccc21. The number of ether oxygens (including phenoxy) is 1. The van der Waals surface area contributed by atoms with Crippen LogP contribution in [0.3, 0.4) is 0 Å². The number of hydrogen-bond acceptors (Lipinski definition) is 7. The lowest BCUT2D eigenvalue weighted by molar-refractivity contribution is -0.136. The number of hydrogen-bond donors (Lipinski definition) is 2. The van der Waals surface area contributed by atoms with Gasteiger partial charge >= 0.3 is 5.97 Å². The van der Waals surface area contributed by atoms with Gasteiger partial charge in [-0.25, -0.2) is 0 Å². The Kier molecular flexibility index (Phi) is 14.2. The second-order valence-electron chi connectivity index (χ2n) is 18.0. The van der Waals surface area contributed by atoms with Crippen LogP contribution >= 0.6 is 7.55 Å². The standard InChI is InChI=1S/C49H64N3O6PS/c1-48(2)40-16-9-10-17-42(40)52(32-12-30-50(5)6)44(48)27-21-36-14-11-15-37(47(36)58-38-23-18-35(19-24-38)20-29-46(53)54)22-28-45-49(3,4)41-34-39(60(55,56)57)25-26-43(41)59(45)33-13-31-51(7)8/h9-10,16-19,21-28,34,59H,11-15,20,29-33H2,1-8H3,(H,53,54)(H,55,56,57)/b28-22+,36-21+,44-27+. The summed E-state index contributed by atoms with van der Waals surface area (Å²) in [5.41, 5.74) is 7.35. The highest BCUT2D eigenvalue weighted by molar-refractivity contribution is 7.85. The number of benzene rings is 3. The second kappa shape index (κ2) is 18.8. The van der Waals surface area contributed by atoms with Gasteiger partial charge in [-0.3, -0.25) is 9.35 Å². The zero-order valence-corrected chi connectivity index (χ0v) is 38.5. The van der Waals surface area contributed by atoms with E-state index in [2.05, 4.69) is 119 Å². The molecule has 3 aromatic rings. The number of nitrogens with zero attached hydrogens (tertiary/aromatic N) is 3. The molecule has 0 spiro atoms. The highest BCUT2D eigenvalue weighted by Crippen LogP contribution is 2.49. The predicted octanol–water partition coefficient (Wildman–Crippen LogP) is 8.84. The molecule has 60 heavy (non-hydrogen) atoms. The third kappa shape index (κ3) is 10.3. The summed E-state index contributed by atoms with van der Waals surface area (Å²) < 4.78 is 41.5. The Hall–Kier alpha value is -4.18. The topological polar surface area (TPSA) is 111 Å². The van der Waals surface area contributed by atoms with Crippen LogP contribution in [0.2, 0.25) is 0 Å². The number of para-hydroxylation sites is 1. The third-order valence-corrected chi connectivity index (χ3v) is 16.5. The van der Waals surface area contributed by atoms with Crippen molar-refractivity contribution in [3.8, 4) is 5.75 Å². The number of carbonyl (C=O) groups is 1. The van der Waals surface area contributed by atoms with E-state index in [1.807, 2.05) is 30.3 Å². The zero-order chi connectivity index (χ0) is 43.4. The van der Waals surface area contributed by atoms with Crippen LogP contribution in [0.4, 0.5) is 5.69 Å². The van der Waals surface area contributed by atoms with Crippen LogP contribution in [0.25, 0.3) is 0 Å². The van der Waals surface area contributed by atoms with E-state index in [1.54, 1.807) is 12.1 Å². The summed E-state index contributed by atoms with van der Waals surface area (Å²) in [5.74, 6) is 0.714. The Morgan fingerprint density at radius 3 is 2.25 bits per heavy atom. The first kappa shape index (κ1) is 45.3. The molecule has 3 aliphatic rings. The molecule has 1 aliphatic carbocycles. The molecule has 0 bridgehead atoms. The molecule has 3 aromatic carbocycles. The molecule has 322 valence electrons. The molecule has 0 amide bonds. The fourth-order valence-electron chi connectivity index (χ4n) is 9.02. The van der Waals surface area contributed by atoms with Crippen molar-refractivity contribution in [2.24, 2.45) is 0 Å². The van der Waals surface area contributed by atoms with Crippen molar-refractivity contribution in [1.82, 2.24) is 9.80 Å². The van der Waals surface area contributed by atoms with Crippen molar-refractivity contribution in [2.45, 2.75) is 88.4 Å². The first-order valence-electron chi connectivity index (χ1n) is 21.2. The molecule has 2 heterocycles. The molecule has 6 rings (SSSR count). The molecular formula is C49H64N3O6PS. The summed E-state index contributed by atoms with van der Waals surface area (Å²) in [7, 11) is 2.79. The molecule has 0 saturated heterocycles. The Balaban J connectivity index is 1.45. The van der Waals surface area contributed by atoms with Gasteiger partial charge < -0.3 is 24.5 Å². The number of carboxylic acid groups (broad SMARTS) is 1. The number of fused-ring (bicyclic) bond motifs is 2. The fraction of sp³-hybridized carbons (Fsp3) is 0.429. The lowest BCUT2D eigenvalue weighted by atomic mass is 9.81. The van der Waals surface area contributed by atoms with E-state index in [0.29, 0.717) is 12.2 Å². The van der Waals surface area contributed by atoms with Crippen molar-refractivity contribution in [3.05, 3.63) is 130 Å². The van der Waals surface area contributed by atoms with Crippen molar-refractivity contribution in [3.63, 3.8) is 0 Å². The number of aryl methyl sites for hydroxylation is 1. The summed E-state index contributed by atoms with van der Waals surface area (Å²) in [6.45, 7) is 11.8. The molecule has 0 radical (unpaired) electrons. The number of aliphatic carboxylic acids is 1.